The monoisotopic (exact) mass is 324 g/mol. The molecular weight excluding hydrogens is 300 g/mol. The van der Waals surface area contributed by atoms with Gasteiger partial charge in [0, 0.05) is 24.2 Å². The lowest BCUT2D eigenvalue weighted by atomic mass is 10.1. The van der Waals surface area contributed by atoms with Gasteiger partial charge in [-0.3, -0.25) is 9.59 Å². The van der Waals surface area contributed by atoms with E-state index >= 15 is 0 Å². The Bertz CT molecular complexity index is 668. The summed E-state index contributed by atoms with van der Waals surface area (Å²) in [6, 6.07) is 16.5. The van der Waals surface area contributed by atoms with E-state index in [1.54, 1.807) is 24.3 Å². The number of rotatable bonds is 8. The van der Waals surface area contributed by atoms with Crippen molar-refractivity contribution < 1.29 is 9.59 Å². The highest BCUT2D eigenvalue weighted by molar-refractivity contribution is 5.99. The van der Waals surface area contributed by atoms with Crippen LogP contribution >= 0.6 is 0 Å². The van der Waals surface area contributed by atoms with Crippen LogP contribution in [0, 0.1) is 0 Å². The van der Waals surface area contributed by atoms with Crippen molar-refractivity contribution in [2.45, 2.75) is 32.7 Å². The Kier molecular flexibility index (Phi) is 7.02. The van der Waals surface area contributed by atoms with E-state index in [0.717, 1.165) is 24.8 Å². The number of hydrogen-bond donors (Lipinski definition) is 2. The van der Waals surface area contributed by atoms with Gasteiger partial charge < -0.3 is 10.6 Å². The summed E-state index contributed by atoms with van der Waals surface area (Å²) in [6.45, 7) is 3.25. The third kappa shape index (κ3) is 5.54. The first-order valence-corrected chi connectivity index (χ1v) is 8.41. The van der Waals surface area contributed by atoms with Gasteiger partial charge in [-0.15, -0.1) is 0 Å². The van der Waals surface area contributed by atoms with Crippen molar-refractivity contribution in [1.29, 1.82) is 0 Å². The molecule has 0 heterocycles. The summed E-state index contributed by atoms with van der Waals surface area (Å²) >= 11 is 0. The summed E-state index contributed by atoms with van der Waals surface area (Å²) in [5.74, 6) is -0.316. The molecule has 0 fully saturated rings. The molecule has 2 rings (SSSR count). The number of carbonyl (C=O) groups excluding carboxylic acids is 2. The quantitative estimate of drug-likeness (QED) is 0.730. The normalized spacial score (nSPS) is 10.2. The molecule has 4 heteroatoms. The fourth-order valence-corrected chi connectivity index (χ4v) is 2.36. The molecule has 2 N–H and O–H groups in total. The molecule has 0 aliphatic rings. The van der Waals surface area contributed by atoms with Crippen molar-refractivity contribution in [3.8, 4) is 0 Å². The molecule has 0 saturated heterocycles. The average molecular weight is 324 g/mol. The molecule has 4 nitrogen and oxygen atoms in total. The molecule has 0 aromatic heterocycles. The molecule has 0 radical (unpaired) electrons. The topological polar surface area (TPSA) is 58.2 Å². The second kappa shape index (κ2) is 9.50. The van der Waals surface area contributed by atoms with Gasteiger partial charge in [-0.05, 0) is 30.2 Å². The highest BCUT2D eigenvalue weighted by Crippen LogP contribution is 2.07. The van der Waals surface area contributed by atoms with E-state index in [2.05, 4.69) is 17.6 Å². The Labute approximate surface area is 143 Å². The minimum atomic E-state index is -0.181. The maximum Gasteiger partial charge on any atom is 0.251 e. The first-order chi connectivity index (χ1) is 11.7. The van der Waals surface area contributed by atoms with Crippen LogP contribution in [0.25, 0.3) is 0 Å². The van der Waals surface area contributed by atoms with Crippen LogP contribution in [-0.2, 0) is 6.54 Å². The predicted molar refractivity (Wildman–Crippen MR) is 95.9 cm³/mol. The summed E-state index contributed by atoms with van der Waals surface area (Å²) in [5.41, 5.74) is 2.04. The van der Waals surface area contributed by atoms with Gasteiger partial charge >= 0.3 is 0 Å². The standard InChI is InChI=1S/C20H24N2O2/c1-2-3-7-13-21-19(23)17-11-8-12-18(14-17)20(24)22-15-16-9-5-4-6-10-16/h4-6,8-12,14H,2-3,7,13,15H2,1H3,(H,21,23)(H,22,24). The van der Waals surface area contributed by atoms with E-state index in [1.165, 1.54) is 0 Å². The zero-order valence-electron chi connectivity index (χ0n) is 14.0. The lowest BCUT2D eigenvalue weighted by molar-refractivity contribution is 0.0950. The molecule has 0 unspecified atom stereocenters. The minimum Gasteiger partial charge on any atom is -0.352 e. The number of nitrogens with one attached hydrogen (secondary N) is 2. The van der Waals surface area contributed by atoms with E-state index < -0.39 is 0 Å². The molecule has 24 heavy (non-hydrogen) atoms. The summed E-state index contributed by atoms with van der Waals surface area (Å²) in [7, 11) is 0. The lowest BCUT2D eigenvalue weighted by Crippen LogP contribution is -2.26. The first kappa shape index (κ1) is 17.7. The Morgan fingerprint density at radius 1 is 0.833 bits per heavy atom. The molecule has 126 valence electrons. The van der Waals surface area contributed by atoms with Gasteiger partial charge in [0.05, 0.1) is 0 Å². The van der Waals surface area contributed by atoms with E-state index in [4.69, 9.17) is 0 Å². The third-order valence-corrected chi connectivity index (χ3v) is 3.75. The molecule has 0 aliphatic heterocycles. The Morgan fingerprint density at radius 2 is 1.50 bits per heavy atom. The predicted octanol–water partition coefficient (Wildman–Crippen LogP) is 3.54. The average Bonchev–Trinajstić information content (AvgIpc) is 2.64. The van der Waals surface area contributed by atoms with Crippen LogP contribution in [0.5, 0.6) is 0 Å². The Morgan fingerprint density at radius 3 is 2.17 bits per heavy atom. The van der Waals surface area contributed by atoms with Crippen molar-refractivity contribution >= 4 is 11.8 Å². The summed E-state index contributed by atoms with van der Waals surface area (Å²) in [4.78, 5) is 24.4. The van der Waals surface area contributed by atoms with Gasteiger partial charge in [-0.2, -0.15) is 0 Å². The second-order valence-electron chi connectivity index (χ2n) is 5.71. The van der Waals surface area contributed by atoms with Gasteiger partial charge in [0.25, 0.3) is 11.8 Å². The van der Waals surface area contributed by atoms with E-state index in [-0.39, 0.29) is 11.8 Å². The van der Waals surface area contributed by atoms with Crippen molar-refractivity contribution in [3.05, 3.63) is 71.3 Å². The zero-order valence-corrected chi connectivity index (χ0v) is 14.0. The number of hydrogen-bond acceptors (Lipinski definition) is 2. The fourth-order valence-electron chi connectivity index (χ4n) is 2.36. The first-order valence-electron chi connectivity index (χ1n) is 8.41. The highest BCUT2D eigenvalue weighted by atomic mass is 16.2. The second-order valence-corrected chi connectivity index (χ2v) is 5.71. The van der Waals surface area contributed by atoms with Gasteiger partial charge in [0.1, 0.15) is 0 Å². The number of amides is 2. The minimum absolute atomic E-state index is 0.135. The molecule has 2 aromatic rings. The van der Waals surface area contributed by atoms with Crippen LogP contribution in [-0.4, -0.2) is 18.4 Å². The number of unbranched alkanes of at least 4 members (excludes halogenated alkanes) is 2. The molecule has 0 spiro atoms. The van der Waals surface area contributed by atoms with Crippen LogP contribution in [0.3, 0.4) is 0 Å². The molecule has 0 atom stereocenters. The van der Waals surface area contributed by atoms with Crippen LogP contribution in [0.4, 0.5) is 0 Å². The van der Waals surface area contributed by atoms with Crippen LogP contribution in [0.1, 0.15) is 52.5 Å². The largest absolute Gasteiger partial charge is 0.352 e. The van der Waals surface area contributed by atoms with Crippen molar-refractivity contribution in [3.63, 3.8) is 0 Å². The summed E-state index contributed by atoms with van der Waals surface area (Å²) < 4.78 is 0. The molecule has 0 aliphatic carbocycles. The van der Waals surface area contributed by atoms with Crippen molar-refractivity contribution in [2.24, 2.45) is 0 Å². The number of benzene rings is 2. The van der Waals surface area contributed by atoms with Crippen LogP contribution < -0.4 is 10.6 Å². The molecule has 0 bridgehead atoms. The van der Waals surface area contributed by atoms with Gasteiger partial charge in [0.2, 0.25) is 0 Å². The molecule has 2 amide bonds. The zero-order chi connectivity index (χ0) is 17.2. The molecular formula is C20H24N2O2. The maximum absolute atomic E-state index is 12.2. The number of carbonyl (C=O) groups is 2. The van der Waals surface area contributed by atoms with Gasteiger partial charge in [-0.1, -0.05) is 56.2 Å². The van der Waals surface area contributed by atoms with Crippen molar-refractivity contribution in [2.75, 3.05) is 6.54 Å². The molecule has 0 saturated carbocycles. The highest BCUT2D eigenvalue weighted by Gasteiger charge is 2.10. The summed E-state index contributed by atoms with van der Waals surface area (Å²) in [6.07, 6.45) is 3.19. The van der Waals surface area contributed by atoms with E-state index in [9.17, 15) is 9.59 Å². The maximum atomic E-state index is 12.2. The van der Waals surface area contributed by atoms with Crippen LogP contribution in [0.2, 0.25) is 0 Å². The van der Waals surface area contributed by atoms with Gasteiger partial charge in [0.15, 0.2) is 0 Å². The third-order valence-electron chi connectivity index (χ3n) is 3.75. The summed E-state index contributed by atoms with van der Waals surface area (Å²) in [5, 5.41) is 5.76. The van der Waals surface area contributed by atoms with E-state index in [1.807, 2.05) is 30.3 Å². The fraction of sp³-hybridized carbons (Fsp3) is 0.300. The van der Waals surface area contributed by atoms with Crippen LogP contribution in [0.15, 0.2) is 54.6 Å². The van der Waals surface area contributed by atoms with Gasteiger partial charge in [-0.25, -0.2) is 0 Å². The Balaban J connectivity index is 1.91. The Hall–Kier alpha value is -2.62. The van der Waals surface area contributed by atoms with Crippen molar-refractivity contribution in [1.82, 2.24) is 10.6 Å². The lowest BCUT2D eigenvalue weighted by Gasteiger charge is -2.08. The smallest absolute Gasteiger partial charge is 0.251 e. The van der Waals surface area contributed by atoms with E-state index in [0.29, 0.717) is 24.2 Å². The SMILES string of the molecule is CCCCCNC(=O)c1cccc(C(=O)NCc2ccccc2)c1. The molecule has 2 aromatic carbocycles.